The van der Waals surface area contributed by atoms with Crippen molar-refractivity contribution in [1.82, 2.24) is 5.32 Å². The van der Waals surface area contributed by atoms with Gasteiger partial charge in [0.2, 0.25) is 0 Å². The summed E-state index contributed by atoms with van der Waals surface area (Å²) in [5.74, 6) is 0. The number of ether oxygens (including phenoxy) is 1. The first-order valence-electron chi connectivity index (χ1n) is 6.33. The van der Waals surface area contributed by atoms with Crippen LogP contribution in [0, 0.1) is 0 Å². The maximum atomic E-state index is 8.69. The van der Waals surface area contributed by atoms with Crippen molar-refractivity contribution in [2.75, 3.05) is 19.8 Å². The molecule has 1 aliphatic heterocycles. The first kappa shape index (κ1) is 11.4. The summed E-state index contributed by atoms with van der Waals surface area (Å²) in [7, 11) is 0. The summed E-state index contributed by atoms with van der Waals surface area (Å²) in [5, 5.41) is 12.3. The molecule has 1 aliphatic carbocycles. The lowest BCUT2D eigenvalue weighted by Gasteiger charge is -2.47. The molecule has 2 aliphatic rings. The van der Waals surface area contributed by atoms with Gasteiger partial charge in [-0.2, -0.15) is 0 Å². The van der Waals surface area contributed by atoms with Gasteiger partial charge < -0.3 is 15.2 Å². The van der Waals surface area contributed by atoms with Gasteiger partial charge in [-0.25, -0.2) is 0 Å². The quantitative estimate of drug-likeness (QED) is 0.679. The standard InChI is InChI=1S/C12H23NO2/c14-8-2-1-7-13-11-4-9-15-12(10-11)5-3-6-12/h11,13-14H,1-10H2. The normalized spacial score (nSPS) is 29.0. The van der Waals surface area contributed by atoms with Crippen LogP contribution in [0.4, 0.5) is 0 Å². The minimum absolute atomic E-state index is 0.257. The average Bonchev–Trinajstić information content (AvgIpc) is 2.23. The van der Waals surface area contributed by atoms with Gasteiger partial charge in [-0.3, -0.25) is 0 Å². The third-order valence-electron chi connectivity index (χ3n) is 3.78. The Balaban J connectivity index is 1.64. The predicted molar refractivity (Wildman–Crippen MR) is 59.9 cm³/mol. The van der Waals surface area contributed by atoms with E-state index in [1.54, 1.807) is 0 Å². The molecule has 1 saturated carbocycles. The highest BCUT2D eigenvalue weighted by molar-refractivity contribution is 4.95. The van der Waals surface area contributed by atoms with Gasteiger partial charge in [-0.05, 0) is 51.5 Å². The summed E-state index contributed by atoms with van der Waals surface area (Å²) < 4.78 is 5.88. The van der Waals surface area contributed by atoms with E-state index in [0.29, 0.717) is 12.6 Å². The van der Waals surface area contributed by atoms with Gasteiger partial charge >= 0.3 is 0 Å². The van der Waals surface area contributed by atoms with Crippen molar-refractivity contribution in [2.24, 2.45) is 0 Å². The second kappa shape index (κ2) is 5.28. The zero-order valence-electron chi connectivity index (χ0n) is 9.50. The van der Waals surface area contributed by atoms with E-state index in [1.807, 2.05) is 0 Å². The number of hydrogen-bond donors (Lipinski definition) is 2. The van der Waals surface area contributed by atoms with Crippen molar-refractivity contribution >= 4 is 0 Å². The van der Waals surface area contributed by atoms with Crippen molar-refractivity contribution in [3.8, 4) is 0 Å². The molecule has 3 nitrogen and oxygen atoms in total. The fraction of sp³-hybridized carbons (Fsp3) is 1.00. The summed E-state index contributed by atoms with van der Waals surface area (Å²) in [6, 6.07) is 0.651. The summed E-state index contributed by atoms with van der Waals surface area (Å²) >= 11 is 0. The molecule has 2 fully saturated rings. The van der Waals surface area contributed by atoms with E-state index in [1.165, 1.54) is 25.7 Å². The summed E-state index contributed by atoms with van der Waals surface area (Å²) in [4.78, 5) is 0. The van der Waals surface area contributed by atoms with Crippen molar-refractivity contribution in [1.29, 1.82) is 0 Å². The van der Waals surface area contributed by atoms with Gasteiger partial charge in [0.15, 0.2) is 0 Å². The fourth-order valence-corrected chi connectivity index (χ4v) is 2.66. The molecular weight excluding hydrogens is 190 g/mol. The monoisotopic (exact) mass is 213 g/mol. The number of hydrogen-bond acceptors (Lipinski definition) is 3. The van der Waals surface area contributed by atoms with Crippen LogP contribution >= 0.6 is 0 Å². The zero-order chi connectivity index (χ0) is 10.6. The van der Waals surface area contributed by atoms with Crippen molar-refractivity contribution in [3.05, 3.63) is 0 Å². The molecule has 88 valence electrons. The van der Waals surface area contributed by atoms with Crippen LogP contribution in [0.3, 0.4) is 0 Å². The number of unbranched alkanes of at least 4 members (excludes halogenated alkanes) is 1. The smallest absolute Gasteiger partial charge is 0.0697 e. The van der Waals surface area contributed by atoms with Gasteiger partial charge in [0.05, 0.1) is 5.60 Å². The lowest BCUT2D eigenvalue weighted by atomic mass is 9.74. The molecule has 15 heavy (non-hydrogen) atoms. The molecule has 1 atom stereocenters. The molecule has 0 aromatic carbocycles. The summed E-state index contributed by atoms with van der Waals surface area (Å²) in [6.45, 7) is 2.29. The third-order valence-corrected chi connectivity index (χ3v) is 3.78. The Morgan fingerprint density at radius 3 is 2.87 bits per heavy atom. The van der Waals surface area contributed by atoms with Gasteiger partial charge in [0.1, 0.15) is 0 Å². The van der Waals surface area contributed by atoms with Gasteiger partial charge in [-0.1, -0.05) is 0 Å². The molecule has 1 spiro atoms. The number of rotatable bonds is 5. The van der Waals surface area contributed by atoms with E-state index in [0.717, 1.165) is 32.4 Å². The molecule has 0 aromatic heterocycles. The predicted octanol–water partition coefficient (Wildman–Crippen LogP) is 1.45. The zero-order valence-corrected chi connectivity index (χ0v) is 9.50. The molecule has 1 saturated heterocycles. The van der Waals surface area contributed by atoms with E-state index in [4.69, 9.17) is 9.84 Å². The second-order valence-electron chi connectivity index (χ2n) is 4.96. The van der Waals surface area contributed by atoms with E-state index in [-0.39, 0.29) is 5.60 Å². The highest BCUT2D eigenvalue weighted by Crippen LogP contribution is 2.42. The first-order valence-corrected chi connectivity index (χ1v) is 6.33. The van der Waals surface area contributed by atoms with E-state index < -0.39 is 0 Å². The summed E-state index contributed by atoms with van der Waals surface area (Å²) in [6.07, 6.45) is 8.23. The molecule has 0 aromatic rings. The molecule has 3 heteroatoms. The van der Waals surface area contributed by atoms with Crippen molar-refractivity contribution in [2.45, 2.75) is 56.6 Å². The van der Waals surface area contributed by atoms with Gasteiger partial charge in [-0.15, -0.1) is 0 Å². The molecular formula is C12H23NO2. The maximum absolute atomic E-state index is 8.69. The lowest BCUT2D eigenvalue weighted by molar-refractivity contribution is -0.135. The van der Waals surface area contributed by atoms with E-state index in [9.17, 15) is 0 Å². The minimum Gasteiger partial charge on any atom is -0.396 e. The molecule has 2 N–H and O–H groups in total. The van der Waals surface area contributed by atoms with Crippen LogP contribution in [0.5, 0.6) is 0 Å². The van der Waals surface area contributed by atoms with Crippen molar-refractivity contribution < 1.29 is 9.84 Å². The van der Waals surface area contributed by atoms with Crippen LogP contribution in [0.15, 0.2) is 0 Å². The Hall–Kier alpha value is -0.120. The van der Waals surface area contributed by atoms with E-state index >= 15 is 0 Å². The third kappa shape index (κ3) is 2.92. The highest BCUT2D eigenvalue weighted by Gasteiger charge is 2.42. The summed E-state index contributed by atoms with van der Waals surface area (Å²) in [5.41, 5.74) is 0.257. The average molecular weight is 213 g/mol. The first-order chi connectivity index (χ1) is 7.35. The van der Waals surface area contributed by atoms with Gasteiger partial charge in [0, 0.05) is 19.3 Å². The maximum Gasteiger partial charge on any atom is 0.0697 e. The Labute approximate surface area is 92.2 Å². The largest absolute Gasteiger partial charge is 0.396 e. The van der Waals surface area contributed by atoms with Crippen LogP contribution < -0.4 is 5.32 Å². The van der Waals surface area contributed by atoms with E-state index in [2.05, 4.69) is 5.32 Å². The van der Waals surface area contributed by atoms with Crippen LogP contribution in [0.1, 0.15) is 44.9 Å². The Morgan fingerprint density at radius 1 is 1.33 bits per heavy atom. The Bertz CT molecular complexity index is 192. The van der Waals surface area contributed by atoms with Gasteiger partial charge in [0.25, 0.3) is 0 Å². The molecule has 1 unspecified atom stereocenters. The van der Waals surface area contributed by atoms with Crippen LogP contribution in [-0.2, 0) is 4.74 Å². The minimum atomic E-state index is 0.257. The molecule has 0 radical (unpaired) electrons. The van der Waals surface area contributed by atoms with Crippen LogP contribution in [0.2, 0.25) is 0 Å². The van der Waals surface area contributed by atoms with Crippen LogP contribution in [-0.4, -0.2) is 36.5 Å². The SMILES string of the molecule is OCCCCNC1CCOC2(CCC2)C1. The topological polar surface area (TPSA) is 41.5 Å². The highest BCUT2D eigenvalue weighted by atomic mass is 16.5. The number of aliphatic hydroxyl groups excluding tert-OH is 1. The molecule has 0 bridgehead atoms. The fourth-order valence-electron chi connectivity index (χ4n) is 2.66. The molecule has 0 amide bonds. The number of nitrogens with one attached hydrogen (secondary N) is 1. The van der Waals surface area contributed by atoms with Crippen molar-refractivity contribution in [3.63, 3.8) is 0 Å². The lowest BCUT2D eigenvalue weighted by Crippen LogP contribution is -2.51. The Morgan fingerprint density at radius 2 is 2.20 bits per heavy atom. The number of aliphatic hydroxyl groups is 1. The molecule has 2 rings (SSSR count). The second-order valence-corrected chi connectivity index (χ2v) is 4.96. The van der Waals surface area contributed by atoms with Crippen LogP contribution in [0.25, 0.3) is 0 Å². The molecule has 1 heterocycles. The Kier molecular flexibility index (Phi) is 4.00.